The molecular formula is C26H21BrCl2N2O4. The molecule has 9 heteroatoms. The second-order valence-corrected chi connectivity index (χ2v) is 10.2. The van der Waals surface area contributed by atoms with Crippen LogP contribution in [0.15, 0.2) is 65.2 Å². The first kappa shape index (κ1) is 24.0. The van der Waals surface area contributed by atoms with Crippen LogP contribution in [0, 0.1) is 16.0 Å². The molecule has 0 radical (unpaired) electrons. The number of fused-ring (bicyclic) bond motifs is 3. The van der Waals surface area contributed by atoms with Crippen LogP contribution >= 0.6 is 39.1 Å². The van der Waals surface area contributed by atoms with Crippen LogP contribution in [0.2, 0.25) is 10.0 Å². The van der Waals surface area contributed by atoms with Crippen molar-refractivity contribution in [3.05, 3.63) is 102 Å². The number of benzene rings is 3. The van der Waals surface area contributed by atoms with Crippen LogP contribution in [0.4, 0.5) is 11.4 Å². The summed E-state index contributed by atoms with van der Waals surface area (Å²) in [6.07, 6.45) is 4.93. The van der Waals surface area contributed by atoms with Crippen molar-refractivity contribution in [3.63, 3.8) is 0 Å². The van der Waals surface area contributed by atoms with Crippen LogP contribution in [-0.4, -0.2) is 12.0 Å². The Morgan fingerprint density at radius 2 is 1.94 bits per heavy atom. The highest BCUT2D eigenvalue weighted by Crippen LogP contribution is 2.55. The van der Waals surface area contributed by atoms with Gasteiger partial charge in [-0.25, -0.2) is 0 Å². The van der Waals surface area contributed by atoms with Crippen molar-refractivity contribution in [2.75, 3.05) is 12.4 Å². The van der Waals surface area contributed by atoms with Gasteiger partial charge in [-0.15, -0.1) is 0 Å². The summed E-state index contributed by atoms with van der Waals surface area (Å²) < 4.78 is 12.5. The summed E-state index contributed by atoms with van der Waals surface area (Å²) in [7, 11) is 1.60. The molecule has 3 aromatic rings. The van der Waals surface area contributed by atoms with Crippen molar-refractivity contribution in [2.24, 2.45) is 5.92 Å². The number of halogens is 3. The van der Waals surface area contributed by atoms with Gasteiger partial charge < -0.3 is 14.8 Å². The Labute approximate surface area is 221 Å². The summed E-state index contributed by atoms with van der Waals surface area (Å²) in [5.41, 5.74) is 3.29. The van der Waals surface area contributed by atoms with Crippen molar-refractivity contribution in [1.82, 2.24) is 0 Å². The van der Waals surface area contributed by atoms with Gasteiger partial charge in [-0.05, 0) is 69.7 Å². The molecule has 0 aromatic heterocycles. The van der Waals surface area contributed by atoms with E-state index in [0.29, 0.717) is 39.4 Å². The third-order valence-corrected chi connectivity index (χ3v) is 7.71. The number of rotatable bonds is 6. The molecule has 0 spiro atoms. The standard InChI is InChI=1S/C26H21BrCl2N2O4/c1-34-22-12-15(11-19(27)26(22)35-13-14-5-7-16(28)8-6-14)24-18-4-2-3-17(18)23-21(31(32)33)10-9-20(29)25(23)30-24/h2-3,5-12,17-18,24,30H,4,13H2,1H3/t17-,18+,24-/m0/s1. The Bertz CT molecular complexity index is 1330. The largest absolute Gasteiger partial charge is 0.493 e. The zero-order chi connectivity index (χ0) is 24.7. The molecular weight excluding hydrogens is 555 g/mol. The number of nitro groups is 1. The number of ether oxygens (including phenoxy) is 2. The SMILES string of the molecule is COc1cc([C@@H]2Nc3c(Cl)ccc([N+](=O)[O-])c3[C@H]3C=CC[C@H]32)cc(Br)c1OCc1ccc(Cl)cc1. The number of anilines is 1. The summed E-state index contributed by atoms with van der Waals surface area (Å²) in [6, 6.07) is 14.4. The highest BCUT2D eigenvalue weighted by atomic mass is 79.9. The summed E-state index contributed by atoms with van der Waals surface area (Å²) in [6.45, 7) is 0.356. The van der Waals surface area contributed by atoms with E-state index in [4.69, 9.17) is 32.7 Å². The Balaban J connectivity index is 1.49. The average molecular weight is 576 g/mol. The Kier molecular flexibility index (Phi) is 6.66. The second-order valence-electron chi connectivity index (χ2n) is 8.54. The van der Waals surface area contributed by atoms with Gasteiger partial charge in [-0.2, -0.15) is 0 Å². The topological polar surface area (TPSA) is 73.6 Å². The van der Waals surface area contributed by atoms with E-state index < -0.39 is 0 Å². The lowest BCUT2D eigenvalue weighted by Gasteiger charge is -2.37. The molecule has 6 nitrogen and oxygen atoms in total. The molecule has 3 atom stereocenters. The van der Waals surface area contributed by atoms with Crippen LogP contribution in [0.5, 0.6) is 11.5 Å². The maximum Gasteiger partial charge on any atom is 0.275 e. The lowest BCUT2D eigenvalue weighted by molar-refractivity contribution is -0.385. The van der Waals surface area contributed by atoms with E-state index in [2.05, 4.69) is 33.4 Å². The van der Waals surface area contributed by atoms with E-state index in [0.717, 1.165) is 22.0 Å². The van der Waals surface area contributed by atoms with Gasteiger partial charge in [0, 0.05) is 17.0 Å². The minimum Gasteiger partial charge on any atom is -0.493 e. The van der Waals surface area contributed by atoms with Gasteiger partial charge in [0.2, 0.25) is 0 Å². The highest BCUT2D eigenvalue weighted by molar-refractivity contribution is 9.10. The Hall–Kier alpha value is -2.74. The first-order chi connectivity index (χ1) is 16.9. The number of nitrogens with zero attached hydrogens (tertiary/aromatic N) is 1. The zero-order valence-electron chi connectivity index (χ0n) is 18.6. The van der Waals surface area contributed by atoms with Gasteiger partial charge in [0.05, 0.1) is 38.8 Å². The molecule has 1 aliphatic heterocycles. The monoisotopic (exact) mass is 574 g/mol. The molecule has 1 aliphatic carbocycles. The van der Waals surface area contributed by atoms with Crippen LogP contribution < -0.4 is 14.8 Å². The molecule has 0 bridgehead atoms. The molecule has 1 N–H and O–H groups in total. The van der Waals surface area contributed by atoms with Crippen molar-refractivity contribution in [1.29, 1.82) is 0 Å². The number of nitro benzene ring substituents is 1. The molecule has 1 heterocycles. The van der Waals surface area contributed by atoms with Crippen LogP contribution in [-0.2, 0) is 6.61 Å². The highest BCUT2D eigenvalue weighted by Gasteiger charge is 2.42. The molecule has 0 saturated carbocycles. The summed E-state index contributed by atoms with van der Waals surface area (Å²) >= 11 is 16.1. The van der Waals surface area contributed by atoms with Crippen molar-refractivity contribution < 1.29 is 14.4 Å². The molecule has 3 aromatic carbocycles. The minimum absolute atomic E-state index is 0.0848. The fraction of sp³-hybridized carbons (Fsp3) is 0.231. The van der Waals surface area contributed by atoms with Gasteiger partial charge in [0.15, 0.2) is 11.5 Å². The molecule has 0 amide bonds. The molecule has 35 heavy (non-hydrogen) atoms. The number of methoxy groups -OCH3 is 1. The van der Waals surface area contributed by atoms with Gasteiger partial charge in [0.25, 0.3) is 5.69 Å². The molecule has 0 unspecified atom stereocenters. The van der Waals surface area contributed by atoms with Crippen LogP contribution in [0.25, 0.3) is 0 Å². The van der Waals surface area contributed by atoms with E-state index in [1.54, 1.807) is 13.2 Å². The van der Waals surface area contributed by atoms with Gasteiger partial charge >= 0.3 is 0 Å². The quantitative estimate of drug-likeness (QED) is 0.183. The summed E-state index contributed by atoms with van der Waals surface area (Å²) in [4.78, 5) is 11.4. The van der Waals surface area contributed by atoms with Gasteiger partial charge in [-0.3, -0.25) is 10.1 Å². The number of allylic oxidation sites excluding steroid dienone is 2. The maximum absolute atomic E-state index is 11.7. The minimum atomic E-state index is -0.340. The average Bonchev–Trinajstić information content (AvgIpc) is 3.33. The lowest BCUT2D eigenvalue weighted by atomic mass is 9.76. The third kappa shape index (κ3) is 4.48. The Morgan fingerprint density at radius 1 is 1.17 bits per heavy atom. The van der Waals surface area contributed by atoms with Crippen LogP contribution in [0.1, 0.15) is 35.1 Å². The molecule has 0 fully saturated rings. The van der Waals surface area contributed by atoms with Crippen molar-refractivity contribution in [3.8, 4) is 11.5 Å². The first-order valence-corrected chi connectivity index (χ1v) is 12.6. The van der Waals surface area contributed by atoms with E-state index in [1.165, 1.54) is 6.07 Å². The van der Waals surface area contributed by atoms with Crippen molar-refractivity contribution >= 4 is 50.5 Å². The predicted molar refractivity (Wildman–Crippen MR) is 141 cm³/mol. The Morgan fingerprint density at radius 3 is 2.66 bits per heavy atom. The molecule has 0 saturated heterocycles. The summed E-state index contributed by atoms with van der Waals surface area (Å²) in [5, 5.41) is 16.4. The smallest absolute Gasteiger partial charge is 0.275 e. The van der Waals surface area contributed by atoms with E-state index in [1.807, 2.05) is 36.4 Å². The molecule has 2 aliphatic rings. The molecule has 180 valence electrons. The first-order valence-electron chi connectivity index (χ1n) is 11.0. The predicted octanol–water partition coefficient (Wildman–Crippen LogP) is 8.08. The number of hydrogen-bond donors (Lipinski definition) is 1. The van der Waals surface area contributed by atoms with E-state index in [-0.39, 0.29) is 28.5 Å². The number of nitrogens with one attached hydrogen (secondary N) is 1. The second kappa shape index (κ2) is 9.72. The normalized spacial score (nSPS) is 20.1. The fourth-order valence-electron chi connectivity index (χ4n) is 4.94. The number of hydrogen-bond acceptors (Lipinski definition) is 5. The zero-order valence-corrected chi connectivity index (χ0v) is 21.7. The van der Waals surface area contributed by atoms with Crippen LogP contribution in [0.3, 0.4) is 0 Å². The maximum atomic E-state index is 11.7. The van der Waals surface area contributed by atoms with E-state index >= 15 is 0 Å². The van der Waals surface area contributed by atoms with Crippen molar-refractivity contribution in [2.45, 2.75) is 25.0 Å². The van der Waals surface area contributed by atoms with E-state index in [9.17, 15) is 10.1 Å². The molecule has 5 rings (SSSR count). The van der Waals surface area contributed by atoms with Gasteiger partial charge in [0.1, 0.15) is 6.61 Å². The van der Waals surface area contributed by atoms with Gasteiger partial charge in [-0.1, -0.05) is 47.5 Å². The summed E-state index contributed by atoms with van der Waals surface area (Å²) in [5.74, 6) is 1.17. The lowest BCUT2D eigenvalue weighted by Crippen LogP contribution is -2.30. The third-order valence-electron chi connectivity index (χ3n) is 6.55. The fourth-order valence-corrected chi connectivity index (χ4v) is 5.86.